The SMILES string of the molecule is COCCN(CCOC)Cc1cc(CN)ccc1OC. The van der Waals surface area contributed by atoms with Crippen molar-refractivity contribution in [2.75, 3.05) is 47.6 Å². The van der Waals surface area contributed by atoms with Crippen molar-refractivity contribution in [1.82, 2.24) is 4.90 Å². The molecule has 0 atom stereocenters. The molecule has 2 N–H and O–H groups in total. The molecule has 0 saturated carbocycles. The standard InChI is InChI=1S/C15H26N2O3/c1-18-8-6-17(7-9-19-2)12-14-10-13(11-16)4-5-15(14)20-3/h4-5,10H,6-9,11-12,16H2,1-3H3. The molecular weight excluding hydrogens is 256 g/mol. The minimum atomic E-state index is 0.535. The van der Waals surface area contributed by atoms with Crippen molar-refractivity contribution in [2.24, 2.45) is 5.73 Å². The maximum Gasteiger partial charge on any atom is 0.123 e. The first kappa shape index (κ1) is 16.9. The molecule has 0 aliphatic carbocycles. The van der Waals surface area contributed by atoms with Crippen LogP contribution in [-0.2, 0) is 22.6 Å². The van der Waals surface area contributed by atoms with E-state index in [-0.39, 0.29) is 0 Å². The molecule has 0 aromatic heterocycles. The summed E-state index contributed by atoms with van der Waals surface area (Å²) in [7, 11) is 5.11. The zero-order valence-electron chi connectivity index (χ0n) is 12.7. The molecule has 0 aliphatic heterocycles. The molecule has 0 heterocycles. The summed E-state index contributed by atoms with van der Waals surface area (Å²) in [4.78, 5) is 2.28. The third-order valence-electron chi connectivity index (χ3n) is 3.20. The average molecular weight is 282 g/mol. The van der Waals surface area contributed by atoms with E-state index in [9.17, 15) is 0 Å². The van der Waals surface area contributed by atoms with Gasteiger partial charge >= 0.3 is 0 Å². The molecule has 1 aromatic rings. The molecule has 0 saturated heterocycles. The van der Waals surface area contributed by atoms with Gasteiger partial charge in [0.2, 0.25) is 0 Å². The van der Waals surface area contributed by atoms with Crippen LogP contribution < -0.4 is 10.5 Å². The Labute approximate surface area is 121 Å². The number of hydrogen-bond acceptors (Lipinski definition) is 5. The molecule has 1 rings (SSSR count). The Morgan fingerprint density at radius 1 is 1.05 bits per heavy atom. The predicted octanol–water partition coefficient (Wildman–Crippen LogP) is 1.25. The molecule has 0 spiro atoms. The topological polar surface area (TPSA) is 57.0 Å². The molecule has 20 heavy (non-hydrogen) atoms. The van der Waals surface area contributed by atoms with Crippen LogP contribution in [0.4, 0.5) is 0 Å². The van der Waals surface area contributed by atoms with Crippen LogP contribution >= 0.6 is 0 Å². The lowest BCUT2D eigenvalue weighted by atomic mass is 10.1. The number of benzene rings is 1. The molecule has 5 nitrogen and oxygen atoms in total. The summed E-state index contributed by atoms with van der Waals surface area (Å²) in [6.07, 6.45) is 0. The van der Waals surface area contributed by atoms with E-state index >= 15 is 0 Å². The van der Waals surface area contributed by atoms with E-state index in [1.54, 1.807) is 21.3 Å². The van der Waals surface area contributed by atoms with E-state index in [1.165, 1.54) is 0 Å². The molecule has 0 bridgehead atoms. The molecule has 114 valence electrons. The van der Waals surface area contributed by atoms with Gasteiger partial charge in [-0.3, -0.25) is 4.90 Å². The van der Waals surface area contributed by atoms with E-state index in [1.807, 2.05) is 12.1 Å². The molecular formula is C15H26N2O3. The van der Waals surface area contributed by atoms with Gasteiger partial charge in [-0.15, -0.1) is 0 Å². The molecule has 0 fully saturated rings. The smallest absolute Gasteiger partial charge is 0.123 e. The number of methoxy groups -OCH3 is 3. The highest BCUT2D eigenvalue weighted by atomic mass is 16.5. The van der Waals surface area contributed by atoms with Crippen molar-refractivity contribution in [3.8, 4) is 5.75 Å². The van der Waals surface area contributed by atoms with Crippen LogP contribution in [-0.4, -0.2) is 52.5 Å². The van der Waals surface area contributed by atoms with Crippen LogP contribution in [0.3, 0.4) is 0 Å². The molecule has 0 aliphatic rings. The van der Waals surface area contributed by atoms with Crippen molar-refractivity contribution >= 4 is 0 Å². The Bertz CT molecular complexity index is 377. The average Bonchev–Trinajstić information content (AvgIpc) is 2.49. The quantitative estimate of drug-likeness (QED) is 0.700. The predicted molar refractivity (Wildman–Crippen MR) is 79.9 cm³/mol. The first-order valence-electron chi connectivity index (χ1n) is 6.81. The largest absolute Gasteiger partial charge is 0.496 e. The van der Waals surface area contributed by atoms with Crippen LogP contribution in [0.5, 0.6) is 5.75 Å². The lowest BCUT2D eigenvalue weighted by Gasteiger charge is -2.23. The van der Waals surface area contributed by atoms with Gasteiger partial charge in [-0.25, -0.2) is 0 Å². The highest BCUT2D eigenvalue weighted by molar-refractivity contribution is 5.37. The Balaban J connectivity index is 2.78. The summed E-state index contributed by atoms with van der Waals surface area (Å²) in [5, 5.41) is 0. The molecule has 0 amide bonds. The van der Waals surface area contributed by atoms with Crippen molar-refractivity contribution in [2.45, 2.75) is 13.1 Å². The van der Waals surface area contributed by atoms with Crippen molar-refractivity contribution in [3.63, 3.8) is 0 Å². The van der Waals surface area contributed by atoms with Gasteiger partial charge in [0.1, 0.15) is 5.75 Å². The summed E-state index contributed by atoms with van der Waals surface area (Å²) >= 11 is 0. The van der Waals surface area contributed by atoms with Crippen LogP contribution in [0.2, 0.25) is 0 Å². The highest BCUT2D eigenvalue weighted by Gasteiger charge is 2.10. The zero-order chi connectivity index (χ0) is 14.8. The van der Waals surface area contributed by atoms with Crippen molar-refractivity contribution < 1.29 is 14.2 Å². The number of rotatable bonds is 10. The summed E-state index contributed by atoms with van der Waals surface area (Å²) < 4.78 is 15.7. The van der Waals surface area contributed by atoms with E-state index in [0.29, 0.717) is 19.8 Å². The van der Waals surface area contributed by atoms with Gasteiger partial charge in [-0.1, -0.05) is 6.07 Å². The van der Waals surface area contributed by atoms with Gasteiger partial charge in [0.05, 0.1) is 20.3 Å². The second-order valence-corrected chi connectivity index (χ2v) is 4.61. The van der Waals surface area contributed by atoms with Crippen LogP contribution in [0, 0.1) is 0 Å². The first-order chi connectivity index (χ1) is 9.74. The summed E-state index contributed by atoms with van der Waals surface area (Å²) in [6, 6.07) is 6.07. The van der Waals surface area contributed by atoms with Gasteiger partial charge in [-0.05, 0) is 17.7 Å². The van der Waals surface area contributed by atoms with Crippen molar-refractivity contribution in [1.29, 1.82) is 0 Å². The molecule has 5 heteroatoms. The second kappa shape index (κ2) is 9.72. The van der Waals surface area contributed by atoms with Crippen LogP contribution in [0.1, 0.15) is 11.1 Å². The molecule has 1 aromatic carbocycles. The van der Waals surface area contributed by atoms with E-state index in [4.69, 9.17) is 19.9 Å². The van der Waals surface area contributed by atoms with Crippen molar-refractivity contribution in [3.05, 3.63) is 29.3 Å². The van der Waals surface area contributed by atoms with E-state index < -0.39 is 0 Å². The monoisotopic (exact) mass is 282 g/mol. The minimum absolute atomic E-state index is 0.535. The fourth-order valence-electron chi connectivity index (χ4n) is 2.03. The maximum absolute atomic E-state index is 5.71. The fraction of sp³-hybridized carbons (Fsp3) is 0.600. The maximum atomic E-state index is 5.71. The van der Waals surface area contributed by atoms with Crippen LogP contribution in [0.25, 0.3) is 0 Å². The number of nitrogens with zero attached hydrogens (tertiary/aromatic N) is 1. The Morgan fingerprint density at radius 2 is 1.70 bits per heavy atom. The van der Waals surface area contributed by atoms with Gasteiger partial charge < -0.3 is 19.9 Å². The van der Waals surface area contributed by atoms with E-state index in [0.717, 1.165) is 36.5 Å². The molecule has 0 unspecified atom stereocenters. The Morgan fingerprint density at radius 3 is 2.20 bits per heavy atom. The minimum Gasteiger partial charge on any atom is -0.496 e. The van der Waals surface area contributed by atoms with E-state index in [2.05, 4.69) is 11.0 Å². The first-order valence-corrected chi connectivity index (χ1v) is 6.81. The summed E-state index contributed by atoms with van der Waals surface area (Å²) in [5.41, 5.74) is 7.96. The number of ether oxygens (including phenoxy) is 3. The fourth-order valence-corrected chi connectivity index (χ4v) is 2.03. The van der Waals surface area contributed by atoms with Crippen LogP contribution in [0.15, 0.2) is 18.2 Å². The Kier molecular flexibility index (Phi) is 8.22. The second-order valence-electron chi connectivity index (χ2n) is 4.61. The normalized spacial score (nSPS) is 11.1. The third kappa shape index (κ3) is 5.46. The Hall–Kier alpha value is -1.14. The highest BCUT2D eigenvalue weighted by Crippen LogP contribution is 2.21. The van der Waals surface area contributed by atoms with Gasteiger partial charge in [0, 0.05) is 46.0 Å². The van der Waals surface area contributed by atoms with Gasteiger partial charge in [-0.2, -0.15) is 0 Å². The third-order valence-corrected chi connectivity index (χ3v) is 3.20. The lowest BCUT2D eigenvalue weighted by molar-refractivity contribution is 0.110. The number of hydrogen-bond donors (Lipinski definition) is 1. The van der Waals surface area contributed by atoms with Gasteiger partial charge in [0.15, 0.2) is 0 Å². The summed E-state index contributed by atoms with van der Waals surface area (Å²) in [5.74, 6) is 0.891. The van der Waals surface area contributed by atoms with Gasteiger partial charge in [0.25, 0.3) is 0 Å². The lowest BCUT2D eigenvalue weighted by Crippen LogP contribution is -2.30. The zero-order valence-corrected chi connectivity index (χ0v) is 12.7. The summed E-state index contributed by atoms with van der Waals surface area (Å²) in [6.45, 7) is 4.44. The number of nitrogens with two attached hydrogens (primary N) is 1. The molecule has 0 radical (unpaired) electrons.